The summed E-state index contributed by atoms with van der Waals surface area (Å²) in [5.74, 6) is -0.827. The van der Waals surface area contributed by atoms with Gasteiger partial charge in [-0.3, -0.25) is 4.79 Å². The fraction of sp³-hybridized carbons (Fsp3) is 0.0909. The second-order valence-corrected chi connectivity index (χ2v) is 7.91. The van der Waals surface area contributed by atoms with Crippen LogP contribution in [0.1, 0.15) is 21.6 Å². The number of hydrogen-bond acceptors (Lipinski definition) is 3. The van der Waals surface area contributed by atoms with E-state index in [1.807, 2.05) is 34.2 Å². The fourth-order valence-electron chi connectivity index (χ4n) is 3.25. The number of rotatable bonds is 5. The standard InChI is InChI=1S/C22H17ClFN3OS/c1-13-17(21(25)28)10-20(27(13)11-15-5-2-3-8-18(15)24)19-12-29-22(26-19)14-6-4-7-16(23)9-14/h2-10,12H,11H2,1H3,(H2,25,28). The van der Waals surface area contributed by atoms with Crippen LogP contribution < -0.4 is 5.73 Å². The first-order chi connectivity index (χ1) is 13.9. The number of carbonyl (C=O) groups excluding carboxylic acids is 1. The van der Waals surface area contributed by atoms with Crippen molar-refractivity contribution in [1.29, 1.82) is 0 Å². The summed E-state index contributed by atoms with van der Waals surface area (Å²) in [6, 6.07) is 15.8. The summed E-state index contributed by atoms with van der Waals surface area (Å²) in [5, 5.41) is 3.35. The monoisotopic (exact) mass is 425 g/mol. The highest BCUT2D eigenvalue weighted by Gasteiger charge is 2.20. The normalized spacial score (nSPS) is 11.0. The summed E-state index contributed by atoms with van der Waals surface area (Å²) < 4.78 is 16.1. The highest BCUT2D eigenvalue weighted by atomic mass is 35.5. The zero-order chi connectivity index (χ0) is 20.5. The van der Waals surface area contributed by atoms with Crippen molar-refractivity contribution in [2.45, 2.75) is 13.5 Å². The summed E-state index contributed by atoms with van der Waals surface area (Å²) in [7, 11) is 0. The Morgan fingerprint density at radius 2 is 2.00 bits per heavy atom. The molecule has 1 amide bonds. The van der Waals surface area contributed by atoms with E-state index in [0.717, 1.165) is 10.6 Å². The summed E-state index contributed by atoms with van der Waals surface area (Å²) in [4.78, 5) is 16.6. The molecular formula is C22H17ClFN3OS. The highest BCUT2D eigenvalue weighted by molar-refractivity contribution is 7.13. The van der Waals surface area contributed by atoms with Crippen molar-refractivity contribution in [1.82, 2.24) is 9.55 Å². The molecule has 0 saturated carbocycles. The van der Waals surface area contributed by atoms with E-state index in [0.29, 0.717) is 33.2 Å². The van der Waals surface area contributed by atoms with Gasteiger partial charge in [0.1, 0.15) is 10.8 Å². The number of carbonyl (C=O) groups is 1. The molecule has 0 spiro atoms. The topological polar surface area (TPSA) is 60.9 Å². The average molecular weight is 426 g/mol. The number of aromatic nitrogens is 2. The zero-order valence-electron chi connectivity index (χ0n) is 15.5. The minimum absolute atomic E-state index is 0.269. The van der Waals surface area contributed by atoms with Gasteiger partial charge in [0.2, 0.25) is 0 Å². The quantitative estimate of drug-likeness (QED) is 0.457. The summed E-state index contributed by atoms with van der Waals surface area (Å²) in [5.41, 5.74) is 9.46. The molecule has 0 saturated heterocycles. The lowest BCUT2D eigenvalue weighted by Crippen LogP contribution is -2.13. The van der Waals surface area contributed by atoms with Crippen LogP contribution in [-0.4, -0.2) is 15.5 Å². The molecular weight excluding hydrogens is 409 g/mol. The Bertz CT molecular complexity index is 1210. The maximum absolute atomic E-state index is 14.2. The van der Waals surface area contributed by atoms with Crippen molar-refractivity contribution in [3.63, 3.8) is 0 Å². The molecule has 29 heavy (non-hydrogen) atoms. The van der Waals surface area contributed by atoms with Crippen LogP contribution in [0, 0.1) is 12.7 Å². The first kappa shape index (κ1) is 19.4. The molecule has 2 aromatic carbocycles. The lowest BCUT2D eigenvalue weighted by molar-refractivity contribution is 0.0999. The average Bonchev–Trinajstić information content (AvgIpc) is 3.29. The number of thiazole rings is 1. The van der Waals surface area contributed by atoms with Gasteiger partial charge in [-0.25, -0.2) is 9.37 Å². The van der Waals surface area contributed by atoms with E-state index in [-0.39, 0.29) is 12.4 Å². The first-order valence-corrected chi connectivity index (χ1v) is 10.1. The van der Waals surface area contributed by atoms with Gasteiger partial charge in [0, 0.05) is 27.2 Å². The van der Waals surface area contributed by atoms with Gasteiger partial charge in [-0.15, -0.1) is 11.3 Å². The number of hydrogen-bond donors (Lipinski definition) is 1. The zero-order valence-corrected chi connectivity index (χ0v) is 17.1. The number of nitrogens with two attached hydrogens (primary N) is 1. The van der Waals surface area contributed by atoms with E-state index >= 15 is 0 Å². The van der Waals surface area contributed by atoms with E-state index in [1.165, 1.54) is 17.4 Å². The number of amides is 1. The molecule has 0 fully saturated rings. The van der Waals surface area contributed by atoms with Gasteiger partial charge in [-0.05, 0) is 31.2 Å². The van der Waals surface area contributed by atoms with Crippen molar-refractivity contribution in [2.75, 3.05) is 0 Å². The number of primary amides is 1. The van der Waals surface area contributed by atoms with Crippen LogP contribution in [0.2, 0.25) is 5.02 Å². The summed E-state index contributed by atoms with van der Waals surface area (Å²) in [6.07, 6.45) is 0. The molecule has 2 N–H and O–H groups in total. The van der Waals surface area contributed by atoms with E-state index in [4.69, 9.17) is 22.3 Å². The first-order valence-electron chi connectivity index (χ1n) is 8.89. The molecule has 4 rings (SSSR count). The molecule has 4 aromatic rings. The van der Waals surface area contributed by atoms with Crippen LogP contribution in [0.5, 0.6) is 0 Å². The van der Waals surface area contributed by atoms with Gasteiger partial charge in [0.05, 0.1) is 23.5 Å². The van der Waals surface area contributed by atoms with Crippen LogP contribution in [0.3, 0.4) is 0 Å². The minimum atomic E-state index is -0.527. The van der Waals surface area contributed by atoms with Gasteiger partial charge in [0.25, 0.3) is 5.91 Å². The Balaban J connectivity index is 1.80. The maximum Gasteiger partial charge on any atom is 0.250 e. The van der Waals surface area contributed by atoms with Crippen molar-refractivity contribution in [3.8, 4) is 22.0 Å². The molecule has 0 aliphatic rings. The SMILES string of the molecule is Cc1c(C(N)=O)cc(-c2csc(-c3cccc(Cl)c3)n2)n1Cc1ccccc1F. The Kier molecular flexibility index (Phi) is 5.22. The Morgan fingerprint density at radius 1 is 1.21 bits per heavy atom. The maximum atomic E-state index is 14.2. The largest absolute Gasteiger partial charge is 0.366 e. The second kappa shape index (κ2) is 7.81. The minimum Gasteiger partial charge on any atom is -0.366 e. The van der Waals surface area contributed by atoms with Crippen LogP contribution >= 0.6 is 22.9 Å². The van der Waals surface area contributed by atoms with Gasteiger partial charge in [0.15, 0.2) is 0 Å². The van der Waals surface area contributed by atoms with Crippen LogP contribution in [-0.2, 0) is 6.54 Å². The molecule has 0 atom stereocenters. The van der Waals surface area contributed by atoms with Gasteiger partial charge in [-0.1, -0.05) is 41.9 Å². The van der Waals surface area contributed by atoms with Crippen molar-refractivity contribution in [3.05, 3.63) is 87.6 Å². The van der Waals surface area contributed by atoms with Crippen molar-refractivity contribution >= 4 is 28.8 Å². The second-order valence-electron chi connectivity index (χ2n) is 6.62. The molecule has 0 radical (unpaired) electrons. The van der Waals surface area contributed by atoms with Crippen LogP contribution in [0.4, 0.5) is 4.39 Å². The van der Waals surface area contributed by atoms with Gasteiger partial charge < -0.3 is 10.3 Å². The predicted molar refractivity (Wildman–Crippen MR) is 115 cm³/mol. The molecule has 7 heteroatoms. The third-order valence-electron chi connectivity index (χ3n) is 4.76. The third kappa shape index (κ3) is 3.81. The summed E-state index contributed by atoms with van der Waals surface area (Å²) >= 11 is 7.57. The van der Waals surface area contributed by atoms with Crippen molar-refractivity contribution in [2.24, 2.45) is 5.73 Å². The van der Waals surface area contributed by atoms with Crippen molar-refractivity contribution < 1.29 is 9.18 Å². The fourth-order valence-corrected chi connectivity index (χ4v) is 4.25. The molecule has 2 heterocycles. The highest BCUT2D eigenvalue weighted by Crippen LogP contribution is 2.32. The lowest BCUT2D eigenvalue weighted by Gasteiger charge is -2.11. The molecule has 146 valence electrons. The number of halogens is 2. The summed E-state index contributed by atoms with van der Waals surface area (Å²) in [6.45, 7) is 2.07. The Labute approximate surface area is 176 Å². The van der Waals surface area contributed by atoms with Crippen LogP contribution in [0.25, 0.3) is 22.0 Å². The number of benzene rings is 2. The van der Waals surface area contributed by atoms with Crippen LogP contribution in [0.15, 0.2) is 60.0 Å². The Hall–Kier alpha value is -2.96. The molecule has 0 aliphatic carbocycles. The van der Waals surface area contributed by atoms with E-state index in [1.54, 1.807) is 31.2 Å². The lowest BCUT2D eigenvalue weighted by atomic mass is 10.2. The van der Waals surface area contributed by atoms with E-state index in [2.05, 4.69) is 0 Å². The predicted octanol–water partition coefficient (Wildman–Crippen LogP) is 5.53. The third-order valence-corrected chi connectivity index (χ3v) is 5.88. The number of nitrogens with zero attached hydrogens (tertiary/aromatic N) is 2. The molecule has 4 nitrogen and oxygen atoms in total. The molecule has 0 unspecified atom stereocenters. The Morgan fingerprint density at radius 3 is 2.72 bits per heavy atom. The van der Waals surface area contributed by atoms with Gasteiger partial charge in [-0.2, -0.15) is 0 Å². The molecule has 0 bridgehead atoms. The smallest absolute Gasteiger partial charge is 0.250 e. The van der Waals surface area contributed by atoms with E-state index < -0.39 is 5.91 Å². The van der Waals surface area contributed by atoms with E-state index in [9.17, 15) is 9.18 Å². The van der Waals surface area contributed by atoms with Gasteiger partial charge >= 0.3 is 0 Å². The molecule has 2 aromatic heterocycles. The molecule has 0 aliphatic heterocycles.